The van der Waals surface area contributed by atoms with Crippen molar-refractivity contribution in [2.24, 2.45) is 0 Å². The van der Waals surface area contributed by atoms with Crippen LogP contribution in [0.3, 0.4) is 0 Å². The number of phenolic OH excluding ortho intramolecular Hbond substituents is 2. The number of rotatable bonds is 2. The van der Waals surface area contributed by atoms with Crippen molar-refractivity contribution >= 4 is 63.3 Å². The molecule has 0 radical (unpaired) electrons. The highest BCUT2D eigenvalue weighted by Gasteiger charge is 2.52. The summed E-state index contributed by atoms with van der Waals surface area (Å²) < 4.78 is 0. The van der Waals surface area contributed by atoms with Crippen LogP contribution in [0.2, 0.25) is 0 Å². The molecule has 304 valence electrons. The van der Waals surface area contributed by atoms with Crippen molar-refractivity contribution in [3.63, 3.8) is 0 Å². The van der Waals surface area contributed by atoms with Crippen molar-refractivity contribution in [3.8, 4) is 78.3 Å². The summed E-state index contributed by atoms with van der Waals surface area (Å²) in [6.45, 7) is 9.56. The van der Waals surface area contributed by atoms with Crippen molar-refractivity contribution in [2.75, 3.05) is 4.90 Å². The summed E-state index contributed by atoms with van der Waals surface area (Å²) in [6, 6.07) is 60.2. The normalized spacial score (nSPS) is 15.7. The molecule has 65 heavy (non-hydrogen) atoms. The zero-order valence-corrected chi connectivity index (χ0v) is 36.6. The van der Waals surface area contributed by atoms with Gasteiger partial charge in [-0.1, -0.05) is 160 Å². The molecule has 6 aliphatic rings. The molecule has 2 aliphatic carbocycles. The predicted octanol–water partition coefficient (Wildman–Crippen LogP) is 10.1. The Morgan fingerprint density at radius 2 is 0.908 bits per heavy atom. The van der Waals surface area contributed by atoms with Crippen LogP contribution in [0.4, 0.5) is 17.1 Å². The summed E-state index contributed by atoms with van der Waals surface area (Å²) >= 11 is 0. The fourth-order valence-electron chi connectivity index (χ4n) is 13.6. The van der Waals surface area contributed by atoms with Gasteiger partial charge in [-0.15, -0.1) is 0 Å². The summed E-state index contributed by atoms with van der Waals surface area (Å²) in [5, 5.41) is 21.2. The van der Waals surface area contributed by atoms with Crippen LogP contribution in [0.1, 0.15) is 49.9 Å². The maximum absolute atomic E-state index is 10.6. The highest BCUT2D eigenvalue weighted by atomic mass is 16.3. The minimum atomic E-state index is -0.227. The first kappa shape index (κ1) is 35.9. The molecule has 0 saturated heterocycles. The fraction of sp³-hybridized carbons (Fsp3) is 0.100. The van der Waals surface area contributed by atoms with Gasteiger partial charge in [0.05, 0.1) is 0 Å². The molecule has 15 rings (SSSR count). The number of nitrogens with zero attached hydrogens (tertiary/aromatic N) is 1. The van der Waals surface area contributed by atoms with Crippen LogP contribution in [0.25, 0.3) is 66.8 Å². The van der Waals surface area contributed by atoms with Crippen molar-refractivity contribution < 1.29 is 10.2 Å². The van der Waals surface area contributed by atoms with E-state index in [-0.39, 0.29) is 35.8 Å². The van der Waals surface area contributed by atoms with Gasteiger partial charge in [-0.05, 0) is 153 Å². The van der Waals surface area contributed by atoms with Gasteiger partial charge in [0.15, 0.2) is 0 Å². The second-order valence-corrected chi connectivity index (χ2v) is 20.2. The van der Waals surface area contributed by atoms with Gasteiger partial charge in [0.25, 0.3) is 0 Å². The molecule has 0 bridgehead atoms. The number of hydrogen-bond donors (Lipinski definition) is 2. The Balaban J connectivity index is 1.06. The molecule has 0 amide bonds. The SMILES string of the molecule is CC1(C)c2ccccc2-c2cc3c(cc21)B1c2cc(-c4ccc(O)cc4)cc4c2N(c2cccc-3c21)c1cccc2c1B4c1cc3c(c(-c4ccc(O)cc4)c1-2)-c1ccccc1C3(C)C. The summed E-state index contributed by atoms with van der Waals surface area (Å²) in [6.07, 6.45) is 0. The molecule has 0 atom stereocenters. The molecule has 0 saturated carbocycles. The highest BCUT2D eigenvalue weighted by molar-refractivity contribution is 7.05. The molecule has 4 heterocycles. The van der Waals surface area contributed by atoms with E-state index in [1.54, 1.807) is 0 Å². The smallest absolute Gasteiger partial charge is 0.248 e. The van der Waals surface area contributed by atoms with Crippen LogP contribution in [0.15, 0.2) is 164 Å². The first-order chi connectivity index (χ1) is 31.6. The van der Waals surface area contributed by atoms with E-state index in [1.165, 1.54) is 122 Å². The van der Waals surface area contributed by atoms with E-state index in [0.717, 1.165) is 16.7 Å². The van der Waals surface area contributed by atoms with Crippen LogP contribution >= 0.6 is 0 Å². The van der Waals surface area contributed by atoms with Gasteiger partial charge in [-0.25, -0.2) is 0 Å². The Kier molecular flexibility index (Phi) is 6.52. The molecule has 0 aromatic heterocycles. The second-order valence-electron chi connectivity index (χ2n) is 20.2. The lowest BCUT2D eigenvalue weighted by Gasteiger charge is -2.43. The Morgan fingerprint density at radius 3 is 1.60 bits per heavy atom. The fourth-order valence-corrected chi connectivity index (χ4v) is 13.6. The van der Waals surface area contributed by atoms with Crippen LogP contribution in [0.5, 0.6) is 11.5 Å². The number of anilines is 3. The van der Waals surface area contributed by atoms with Gasteiger partial charge in [0.2, 0.25) is 13.4 Å². The molecular weight excluding hydrogens is 788 g/mol. The van der Waals surface area contributed by atoms with Gasteiger partial charge >= 0.3 is 0 Å². The van der Waals surface area contributed by atoms with Gasteiger partial charge in [0.1, 0.15) is 11.5 Å². The quantitative estimate of drug-likeness (QED) is 0.171. The van der Waals surface area contributed by atoms with Gasteiger partial charge in [0, 0.05) is 27.9 Å². The Labute approximate surface area is 379 Å². The Hall–Kier alpha value is -7.49. The van der Waals surface area contributed by atoms with Crippen LogP contribution in [0, 0.1) is 0 Å². The molecule has 3 nitrogen and oxygen atoms in total. The maximum Gasteiger partial charge on any atom is 0.248 e. The number of fused-ring (bicyclic) bond motifs is 16. The topological polar surface area (TPSA) is 43.7 Å². The minimum Gasteiger partial charge on any atom is -0.508 e. The lowest BCUT2D eigenvalue weighted by atomic mass is 9.32. The van der Waals surface area contributed by atoms with E-state index in [0.29, 0.717) is 0 Å². The molecular formula is C60H41B2NO2. The number of hydrogen-bond acceptors (Lipinski definition) is 3. The Morgan fingerprint density at radius 1 is 0.369 bits per heavy atom. The van der Waals surface area contributed by atoms with E-state index in [9.17, 15) is 10.2 Å². The highest BCUT2D eigenvalue weighted by Crippen LogP contribution is 2.56. The summed E-state index contributed by atoms with van der Waals surface area (Å²) in [5.41, 5.74) is 32.1. The van der Waals surface area contributed by atoms with Gasteiger partial charge < -0.3 is 15.1 Å². The zero-order valence-electron chi connectivity index (χ0n) is 36.6. The first-order valence-electron chi connectivity index (χ1n) is 23.0. The summed E-state index contributed by atoms with van der Waals surface area (Å²) in [7, 11) is 0. The lowest BCUT2D eigenvalue weighted by Crippen LogP contribution is -2.63. The molecule has 0 spiro atoms. The average molecular weight is 830 g/mol. The summed E-state index contributed by atoms with van der Waals surface area (Å²) in [5.74, 6) is 0.533. The minimum absolute atomic E-state index is 0.0296. The van der Waals surface area contributed by atoms with Gasteiger partial charge in [-0.2, -0.15) is 0 Å². The lowest BCUT2D eigenvalue weighted by molar-refractivity contribution is 0.475. The third kappa shape index (κ3) is 4.26. The van der Waals surface area contributed by atoms with Crippen molar-refractivity contribution in [1.29, 1.82) is 0 Å². The molecule has 4 aliphatic heterocycles. The van der Waals surface area contributed by atoms with Crippen LogP contribution in [-0.2, 0) is 10.8 Å². The number of phenols is 2. The molecule has 0 fully saturated rings. The third-order valence-electron chi connectivity index (χ3n) is 16.4. The third-order valence-corrected chi connectivity index (χ3v) is 16.4. The summed E-state index contributed by atoms with van der Waals surface area (Å²) in [4.78, 5) is 2.62. The number of benzene rings is 9. The molecule has 9 aromatic rings. The van der Waals surface area contributed by atoms with Crippen LogP contribution in [-0.4, -0.2) is 23.6 Å². The average Bonchev–Trinajstić information content (AvgIpc) is 3.98. The molecule has 2 N–H and O–H groups in total. The standard InChI is InChI=1S/C60H41B2NO2/c1-59(2)43-15-7-5-11-37(43)41-29-42-38-13-9-17-51-56(38)61(47(42)30-45(41)59)49-27-34(32-19-23-35(64)24-20-32)28-50-58(49)63(51)52-18-10-14-40-55-48(62(50)57(40)52)31-46-54(53(55)33-21-25-36(65)26-22-33)39-12-6-8-16-44(39)60(46,3)4/h5-31,64-65H,1-4H3. The van der Waals surface area contributed by atoms with E-state index in [1.807, 2.05) is 24.3 Å². The Bertz CT molecular complexity index is 3700. The van der Waals surface area contributed by atoms with Gasteiger partial charge in [-0.3, -0.25) is 0 Å². The van der Waals surface area contributed by atoms with E-state index in [2.05, 4.69) is 172 Å². The predicted molar refractivity (Wildman–Crippen MR) is 271 cm³/mol. The number of aromatic hydroxyl groups is 2. The first-order valence-corrected chi connectivity index (χ1v) is 23.0. The van der Waals surface area contributed by atoms with Crippen molar-refractivity contribution in [1.82, 2.24) is 0 Å². The molecule has 9 aromatic carbocycles. The van der Waals surface area contributed by atoms with Crippen molar-refractivity contribution in [2.45, 2.75) is 38.5 Å². The maximum atomic E-state index is 10.6. The zero-order chi connectivity index (χ0) is 43.4. The molecule has 0 unspecified atom stereocenters. The largest absolute Gasteiger partial charge is 0.508 e. The van der Waals surface area contributed by atoms with E-state index < -0.39 is 0 Å². The van der Waals surface area contributed by atoms with Crippen LogP contribution < -0.4 is 37.7 Å². The second kappa shape index (κ2) is 11.8. The van der Waals surface area contributed by atoms with E-state index >= 15 is 0 Å². The van der Waals surface area contributed by atoms with Crippen molar-refractivity contribution in [3.05, 3.63) is 186 Å². The monoisotopic (exact) mass is 829 g/mol. The van der Waals surface area contributed by atoms with E-state index in [4.69, 9.17) is 0 Å². The molecule has 5 heteroatoms.